The van der Waals surface area contributed by atoms with Crippen molar-refractivity contribution in [3.63, 3.8) is 0 Å². The average Bonchev–Trinajstić information content (AvgIpc) is 3.97. The molecule has 0 N–H and O–H groups in total. The van der Waals surface area contributed by atoms with Crippen LogP contribution in [0.2, 0.25) is 0 Å². The number of benzene rings is 9. The number of nitrogens with zero attached hydrogens (tertiary/aromatic N) is 3. The summed E-state index contributed by atoms with van der Waals surface area (Å²) in [6.45, 7) is 0. The Morgan fingerprint density at radius 3 is 1.70 bits per heavy atom. The van der Waals surface area contributed by atoms with Gasteiger partial charge < -0.3 is 4.42 Å². The Kier molecular flexibility index (Phi) is 6.13. The summed E-state index contributed by atoms with van der Waals surface area (Å²) in [6.07, 6.45) is 0. The van der Waals surface area contributed by atoms with Crippen LogP contribution in [-0.2, 0) is 0 Å². The number of thiophene rings is 1. The lowest BCUT2D eigenvalue weighted by Gasteiger charge is -2.11. The number of aromatic nitrogens is 3. The summed E-state index contributed by atoms with van der Waals surface area (Å²) in [5, 5.41) is 1.93. The van der Waals surface area contributed by atoms with Gasteiger partial charge in [0.2, 0.25) is 0 Å². The molecule has 3 heterocycles. The van der Waals surface area contributed by atoms with Crippen molar-refractivity contribution in [3.05, 3.63) is 200 Å². The topological polar surface area (TPSA) is 51.8 Å². The molecule has 4 nitrogen and oxygen atoms in total. The summed E-state index contributed by atoms with van der Waals surface area (Å²) in [5.74, 6) is 1.20. The van der Waals surface area contributed by atoms with Crippen molar-refractivity contribution >= 4 is 64.2 Å². The summed E-state index contributed by atoms with van der Waals surface area (Å²) in [6, 6.07) is 44.2. The Balaban J connectivity index is 1.05. The van der Waals surface area contributed by atoms with Crippen LogP contribution < -0.4 is 0 Å². The molecule has 0 radical (unpaired) electrons. The second-order valence-electron chi connectivity index (χ2n) is 14.5. The van der Waals surface area contributed by atoms with Crippen molar-refractivity contribution in [1.29, 1.82) is 0 Å². The van der Waals surface area contributed by atoms with E-state index in [0.717, 1.165) is 53.6 Å². The Morgan fingerprint density at radius 1 is 0.367 bits per heavy atom. The van der Waals surface area contributed by atoms with Crippen LogP contribution in [0, 0.1) is 0 Å². The van der Waals surface area contributed by atoms with Crippen molar-refractivity contribution in [1.82, 2.24) is 15.0 Å². The van der Waals surface area contributed by atoms with E-state index in [2.05, 4.69) is 42.5 Å². The van der Waals surface area contributed by atoms with Crippen LogP contribution in [0.3, 0.4) is 0 Å². The maximum atomic E-state index is 9.23. The molecule has 5 heteroatoms. The summed E-state index contributed by atoms with van der Waals surface area (Å²) in [7, 11) is 0. The van der Waals surface area contributed by atoms with Crippen LogP contribution in [0.1, 0.15) is 12.3 Å². The zero-order valence-corrected chi connectivity index (χ0v) is 32.3. The number of para-hydroxylation sites is 1. The van der Waals surface area contributed by atoms with E-state index in [1.165, 1.54) is 0 Å². The van der Waals surface area contributed by atoms with Gasteiger partial charge in [-0.3, -0.25) is 0 Å². The predicted octanol–water partition coefficient (Wildman–Crippen LogP) is 15.3. The molecule has 0 aliphatic rings. The van der Waals surface area contributed by atoms with Crippen LogP contribution in [-0.4, -0.2) is 15.0 Å². The van der Waals surface area contributed by atoms with E-state index in [-0.39, 0.29) is 44.3 Å². The Morgan fingerprint density at radius 2 is 0.950 bits per heavy atom. The number of fused-ring (bicyclic) bond motifs is 8. The molecule has 0 amide bonds. The van der Waals surface area contributed by atoms with E-state index in [4.69, 9.17) is 30.3 Å². The monoisotopic (exact) mass is 792 g/mol. The first-order valence-corrected chi connectivity index (χ1v) is 20.2. The fourth-order valence-electron chi connectivity index (χ4n) is 7.91. The van der Waals surface area contributed by atoms with Gasteiger partial charge in [-0.15, -0.1) is 11.3 Å². The van der Waals surface area contributed by atoms with E-state index in [1.807, 2.05) is 84.9 Å². The van der Waals surface area contributed by atoms with Crippen LogP contribution in [0.4, 0.5) is 0 Å². The molecule has 0 saturated heterocycles. The third-order valence-electron chi connectivity index (χ3n) is 10.8. The molecule has 60 heavy (non-hydrogen) atoms. The minimum Gasteiger partial charge on any atom is -0.455 e. The summed E-state index contributed by atoms with van der Waals surface area (Å²) in [4.78, 5) is 15.3. The van der Waals surface area contributed by atoms with E-state index < -0.39 is 48.3 Å². The van der Waals surface area contributed by atoms with Crippen LogP contribution in [0.15, 0.2) is 204 Å². The third-order valence-corrected chi connectivity index (χ3v) is 12.0. The number of furan rings is 1. The summed E-state index contributed by atoms with van der Waals surface area (Å²) >= 11 is 1.70. The van der Waals surface area contributed by atoms with Gasteiger partial charge in [0.05, 0.1) is 12.3 Å². The molecular weight excluding hydrogens is 751 g/mol. The van der Waals surface area contributed by atoms with Gasteiger partial charge in [-0.1, -0.05) is 164 Å². The lowest BCUT2D eigenvalue weighted by atomic mass is 9.99. The maximum Gasteiger partial charge on any atom is 0.164 e. The lowest BCUT2D eigenvalue weighted by Crippen LogP contribution is -2.00. The molecule has 280 valence electrons. The molecule has 0 saturated carbocycles. The van der Waals surface area contributed by atoms with Crippen molar-refractivity contribution in [3.8, 4) is 67.5 Å². The SMILES string of the molecule is [2H]c1c([2H])c([2H])c2c(oc3c4c([2H])c([2H])c([2H])c([2H])c4c([2H])c([2H])c32)c1-c1cccc(-c2nc(-c3cccc(-c4ccccc4)c3)nc(-c3ccc4c(c3)sc3ccc(-c5ccccc5)cc34)n2)c1. The predicted molar refractivity (Wildman–Crippen MR) is 250 cm³/mol. The molecule has 9 aromatic carbocycles. The minimum atomic E-state index is -0.553. The van der Waals surface area contributed by atoms with Gasteiger partial charge in [-0.25, -0.2) is 15.0 Å². The molecular formula is C55H33N3OS. The van der Waals surface area contributed by atoms with E-state index in [0.29, 0.717) is 28.6 Å². The molecule has 0 fully saturated rings. The highest BCUT2D eigenvalue weighted by Gasteiger charge is 2.18. The van der Waals surface area contributed by atoms with E-state index in [1.54, 1.807) is 29.5 Å². The molecule has 0 aliphatic heterocycles. The van der Waals surface area contributed by atoms with E-state index >= 15 is 0 Å². The highest BCUT2D eigenvalue weighted by atomic mass is 32.1. The van der Waals surface area contributed by atoms with Gasteiger partial charge in [0.1, 0.15) is 11.2 Å². The fourth-order valence-corrected chi connectivity index (χ4v) is 9.04. The van der Waals surface area contributed by atoms with Gasteiger partial charge in [0.25, 0.3) is 0 Å². The molecule has 0 atom stereocenters. The second-order valence-corrected chi connectivity index (χ2v) is 15.6. The maximum absolute atomic E-state index is 9.23. The van der Waals surface area contributed by atoms with Crippen LogP contribution in [0.25, 0.3) is 120 Å². The first-order valence-electron chi connectivity index (χ1n) is 23.8. The number of hydrogen-bond donors (Lipinski definition) is 0. The molecule has 0 spiro atoms. The molecule has 0 unspecified atom stereocenters. The van der Waals surface area contributed by atoms with Crippen molar-refractivity contribution in [2.45, 2.75) is 0 Å². The smallest absolute Gasteiger partial charge is 0.164 e. The van der Waals surface area contributed by atoms with Crippen molar-refractivity contribution in [2.75, 3.05) is 0 Å². The number of hydrogen-bond acceptors (Lipinski definition) is 5. The first-order chi connectivity index (χ1) is 33.4. The largest absolute Gasteiger partial charge is 0.455 e. The van der Waals surface area contributed by atoms with Gasteiger partial charge in [0.15, 0.2) is 17.5 Å². The van der Waals surface area contributed by atoms with Crippen molar-refractivity contribution < 1.29 is 16.8 Å². The Labute approximate surface area is 362 Å². The van der Waals surface area contributed by atoms with Gasteiger partial charge in [-0.2, -0.15) is 0 Å². The van der Waals surface area contributed by atoms with Gasteiger partial charge >= 0.3 is 0 Å². The standard InChI is InChI=1S/C55H33N3OS/c1-3-12-34(13-4-1)37-17-9-19-40(30-37)53-56-54(58-55(57-53)42-25-27-45-48-32-38(35-14-5-2-6-15-35)26-29-49(48)60-50(45)33-42)41-20-10-18-39(31-41)44-22-11-23-46-47-28-24-36-16-7-8-21-43(36)51(47)59-52(44)46/h1-33H/i7D,8D,11D,16D,21D,22D,23D,24D,28D. The van der Waals surface area contributed by atoms with Crippen LogP contribution in [0.5, 0.6) is 0 Å². The highest BCUT2D eigenvalue weighted by molar-refractivity contribution is 7.25. The quantitative estimate of drug-likeness (QED) is 0.168. The molecule has 3 aromatic heterocycles. The average molecular weight is 793 g/mol. The molecule has 0 bridgehead atoms. The zero-order valence-electron chi connectivity index (χ0n) is 40.5. The second kappa shape index (κ2) is 14.0. The summed E-state index contributed by atoms with van der Waals surface area (Å²) < 4.78 is 87.9. The highest BCUT2D eigenvalue weighted by Crippen LogP contribution is 2.41. The third kappa shape index (κ3) is 5.86. The zero-order chi connectivity index (χ0) is 47.4. The lowest BCUT2D eigenvalue weighted by molar-refractivity contribution is 0.674. The van der Waals surface area contributed by atoms with Crippen molar-refractivity contribution in [2.24, 2.45) is 0 Å². The number of rotatable bonds is 6. The first kappa shape index (κ1) is 26.3. The Bertz CT molecular complexity index is 4140. The van der Waals surface area contributed by atoms with Gasteiger partial charge in [-0.05, 0) is 69.6 Å². The fraction of sp³-hybridized carbons (Fsp3) is 0. The Hall–Kier alpha value is -7.73. The summed E-state index contributed by atoms with van der Waals surface area (Å²) in [5.41, 5.74) is 6.79. The minimum absolute atomic E-state index is 0.00448. The molecule has 12 rings (SSSR count). The molecule has 12 aromatic rings. The molecule has 0 aliphatic carbocycles. The van der Waals surface area contributed by atoms with Gasteiger partial charge in [0, 0.05) is 58.6 Å². The van der Waals surface area contributed by atoms with Crippen LogP contribution >= 0.6 is 11.3 Å². The normalized spacial score (nSPS) is 13.8. The van der Waals surface area contributed by atoms with E-state index in [9.17, 15) is 1.37 Å².